The number of furan rings is 1. The van der Waals surface area contributed by atoms with Crippen LogP contribution in [0.15, 0.2) is 16.5 Å². The minimum absolute atomic E-state index is 0.561. The molecule has 3 rings (SSSR count). The van der Waals surface area contributed by atoms with Crippen LogP contribution in [-0.2, 0) is 6.42 Å². The van der Waals surface area contributed by atoms with Crippen LogP contribution in [0.4, 0.5) is 5.82 Å². The van der Waals surface area contributed by atoms with E-state index >= 15 is 0 Å². The summed E-state index contributed by atoms with van der Waals surface area (Å²) in [4.78, 5) is 9.45. The van der Waals surface area contributed by atoms with Crippen molar-refractivity contribution >= 4 is 28.4 Å². The average molecular weight is 397 g/mol. The molecule has 2 aromatic heterocycles. The van der Waals surface area contributed by atoms with Gasteiger partial charge in [-0.3, -0.25) is 0 Å². The van der Waals surface area contributed by atoms with Crippen molar-refractivity contribution in [1.29, 1.82) is 0 Å². The van der Waals surface area contributed by atoms with Crippen LogP contribution >= 0.6 is 22.6 Å². The Morgan fingerprint density at radius 3 is 2.67 bits per heavy atom. The van der Waals surface area contributed by atoms with Gasteiger partial charge in [-0.05, 0) is 47.6 Å². The number of anilines is 1. The second-order valence-electron chi connectivity index (χ2n) is 5.45. The molecule has 0 radical (unpaired) electrons. The number of aromatic nitrogens is 2. The molecule has 0 amide bonds. The third-order valence-electron chi connectivity index (χ3n) is 4.09. The number of rotatable bonds is 4. The van der Waals surface area contributed by atoms with Gasteiger partial charge in [0, 0.05) is 19.4 Å². The second-order valence-corrected chi connectivity index (χ2v) is 6.52. The van der Waals surface area contributed by atoms with Crippen molar-refractivity contribution in [2.45, 2.75) is 44.9 Å². The number of halogens is 1. The van der Waals surface area contributed by atoms with Crippen LogP contribution in [0.1, 0.15) is 50.0 Å². The van der Waals surface area contributed by atoms with E-state index in [0.717, 1.165) is 27.3 Å². The van der Waals surface area contributed by atoms with Crippen molar-refractivity contribution in [3.8, 4) is 11.6 Å². The first-order chi connectivity index (χ1) is 10.2. The van der Waals surface area contributed by atoms with Crippen LogP contribution in [0, 0.1) is 3.57 Å². The number of nitrogens with one attached hydrogen (secondary N) is 1. The smallest absolute Gasteiger partial charge is 0.197 e. The Morgan fingerprint density at radius 1 is 1.29 bits per heavy atom. The molecule has 1 aliphatic rings. The Bertz CT molecular complexity index is 632. The van der Waals surface area contributed by atoms with E-state index in [4.69, 9.17) is 9.40 Å². The van der Waals surface area contributed by atoms with Gasteiger partial charge in [0.05, 0.1) is 9.26 Å². The van der Waals surface area contributed by atoms with Gasteiger partial charge in [0.15, 0.2) is 11.6 Å². The first-order valence-electron chi connectivity index (χ1n) is 7.57. The Hall–Kier alpha value is -1.11. The van der Waals surface area contributed by atoms with Gasteiger partial charge in [-0.25, -0.2) is 9.97 Å². The quantitative estimate of drug-likeness (QED) is 0.766. The highest BCUT2D eigenvalue weighted by molar-refractivity contribution is 14.1. The number of nitrogens with zero attached hydrogens (tertiary/aromatic N) is 2. The summed E-state index contributed by atoms with van der Waals surface area (Å²) in [5.74, 6) is 3.89. The molecular weight excluding hydrogens is 377 g/mol. The van der Waals surface area contributed by atoms with Crippen LogP contribution < -0.4 is 5.32 Å². The highest BCUT2D eigenvalue weighted by Gasteiger charge is 2.24. The van der Waals surface area contributed by atoms with E-state index in [1.54, 1.807) is 0 Å². The molecule has 1 N–H and O–H groups in total. The minimum Gasteiger partial charge on any atom is -0.458 e. The molecule has 1 saturated carbocycles. The SMILES string of the molecule is CCc1ccc(-c2nc(NC)c(I)c(C3CCCC3)n2)o1. The molecular formula is C16H20IN3O. The van der Waals surface area contributed by atoms with Crippen molar-refractivity contribution < 1.29 is 4.42 Å². The first kappa shape index (κ1) is 14.8. The van der Waals surface area contributed by atoms with E-state index < -0.39 is 0 Å². The zero-order valence-electron chi connectivity index (χ0n) is 12.4. The summed E-state index contributed by atoms with van der Waals surface area (Å²) >= 11 is 2.36. The summed E-state index contributed by atoms with van der Waals surface area (Å²) < 4.78 is 6.97. The van der Waals surface area contributed by atoms with Gasteiger partial charge in [-0.15, -0.1) is 0 Å². The first-order valence-corrected chi connectivity index (χ1v) is 8.65. The fraction of sp³-hybridized carbons (Fsp3) is 0.500. The normalized spacial score (nSPS) is 15.6. The molecule has 2 aromatic rings. The lowest BCUT2D eigenvalue weighted by Gasteiger charge is -2.14. The highest BCUT2D eigenvalue weighted by atomic mass is 127. The number of hydrogen-bond acceptors (Lipinski definition) is 4. The van der Waals surface area contributed by atoms with E-state index in [1.807, 2.05) is 19.2 Å². The molecule has 1 aliphatic carbocycles. The zero-order valence-corrected chi connectivity index (χ0v) is 14.6. The number of hydrogen-bond donors (Lipinski definition) is 1. The van der Waals surface area contributed by atoms with Crippen LogP contribution in [0.3, 0.4) is 0 Å². The molecule has 4 nitrogen and oxygen atoms in total. The van der Waals surface area contributed by atoms with Gasteiger partial charge in [0.2, 0.25) is 0 Å². The molecule has 0 saturated heterocycles. The van der Waals surface area contributed by atoms with E-state index in [2.05, 4.69) is 39.8 Å². The van der Waals surface area contributed by atoms with Gasteiger partial charge >= 0.3 is 0 Å². The maximum Gasteiger partial charge on any atom is 0.197 e. The Labute approximate surface area is 138 Å². The lowest BCUT2D eigenvalue weighted by Crippen LogP contribution is -2.07. The largest absolute Gasteiger partial charge is 0.458 e. The van der Waals surface area contributed by atoms with E-state index in [-0.39, 0.29) is 0 Å². The molecule has 1 fully saturated rings. The maximum absolute atomic E-state index is 5.82. The summed E-state index contributed by atoms with van der Waals surface area (Å²) in [5.41, 5.74) is 1.18. The summed E-state index contributed by atoms with van der Waals surface area (Å²) in [6, 6.07) is 3.98. The van der Waals surface area contributed by atoms with Crippen molar-refractivity contribution in [1.82, 2.24) is 9.97 Å². The molecule has 0 aliphatic heterocycles. The van der Waals surface area contributed by atoms with E-state index in [1.165, 1.54) is 31.4 Å². The summed E-state index contributed by atoms with van der Waals surface area (Å²) in [6.45, 7) is 2.08. The summed E-state index contributed by atoms with van der Waals surface area (Å²) in [5, 5.41) is 3.19. The van der Waals surface area contributed by atoms with E-state index in [0.29, 0.717) is 11.7 Å². The van der Waals surface area contributed by atoms with Gasteiger partial charge in [0.25, 0.3) is 0 Å². The molecule has 21 heavy (non-hydrogen) atoms. The predicted molar refractivity (Wildman–Crippen MR) is 92.6 cm³/mol. The zero-order chi connectivity index (χ0) is 14.8. The molecule has 0 unspecified atom stereocenters. The molecule has 5 heteroatoms. The topological polar surface area (TPSA) is 51.0 Å². The van der Waals surface area contributed by atoms with Gasteiger partial charge in [-0.2, -0.15) is 0 Å². The fourth-order valence-electron chi connectivity index (χ4n) is 2.90. The fourth-order valence-corrected chi connectivity index (χ4v) is 3.85. The standard InChI is InChI=1S/C16H20IN3O/c1-3-11-8-9-12(21-11)15-19-14(10-6-4-5-7-10)13(17)16(18-2)20-15/h8-10H,3-7H2,1-2H3,(H,18,19,20). The Morgan fingerprint density at radius 2 is 2.05 bits per heavy atom. The number of aryl methyl sites for hydroxylation is 1. The highest BCUT2D eigenvalue weighted by Crippen LogP contribution is 2.38. The third kappa shape index (κ3) is 2.93. The lowest BCUT2D eigenvalue weighted by atomic mass is 10.0. The molecule has 0 spiro atoms. The van der Waals surface area contributed by atoms with Crippen molar-refractivity contribution in [2.75, 3.05) is 12.4 Å². The van der Waals surface area contributed by atoms with Gasteiger partial charge in [-0.1, -0.05) is 19.8 Å². The Balaban J connectivity index is 2.05. The van der Waals surface area contributed by atoms with Crippen LogP contribution in [-0.4, -0.2) is 17.0 Å². The van der Waals surface area contributed by atoms with Crippen molar-refractivity contribution in [3.63, 3.8) is 0 Å². The molecule has 0 bridgehead atoms. The predicted octanol–water partition coefficient (Wildman–Crippen LogP) is 4.60. The van der Waals surface area contributed by atoms with Crippen LogP contribution in [0.25, 0.3) is 11.6 Å². The monoisotopic (exact) mass is 397 g/mol. The van der Waals surface area contributed by atoms with E-state index in [9.17, 15) is 0 Å². The third-order valence-corrected chi connectivity index (χ3v) is 5.15. The molecule has 0 aromatic carbocycles. The molecule has 2 heterocycles. The van der Waals surface area contributed by atoms with Gasteiger partial charge < -0.3 is 9.73 Å². The van der Waals surface area contributed by atoms with Crippen molar-refractivity contribution in [3.05, 3.63) is 27.2 Å². The average Bonchev–Trinajstić information content (AvgIpc) is 3.18. The summed E-state index contributed by atoms with van der Waals surface area (Å²) in [7, 11) is 1.91. The van der Waals surface area contributed by atoms with Crippen LogP contribution in [0.2, 0.25) is 0 Å². The lowest BCUT2D eigenvalue weighted by molar-refractivity contribution is 0.524. The second kappa shape index (κ2) is 6.34. The molecule has 0 atom stereocenters. The maximum atomic E-state index is 5.82. The minimum atomic E-state index is 0.561. The molecule has 112 valence electrons. The van der Waals surface area contributed by atoms with Crippen LogP contribution in [0.5, 0.6) is 0 Å². The van der Waals surface area contributed by atoms with Gasteiger partial charge in [0.1, 0.15) is 11.6 Å². The Kier molecular flexibility index (Phi) is 4.47. The summed E-state index contributed by atoms with van der Waals surface area (Å²) in [6.07, 6.45) is 5.95. The van der Waals surface area contributed by atoms with Crippen molar-refractivity contribution in [2.24, 2.45) is 0 Å².